The van der Waals surface area contributed by atoms with Gasteiger partial charge in [0.2, 0.25) is 0 Å². The molecule has 2 aromatic rings. The van der Waals surface area contributed by atoms with Gasteiger partial charge in [0.25, 0.3) is 5.91 Å². The van der Waals surface area contributed by atoms with Crippen molar-refractivity contribution in [2.75, 3.05) is 6.54 Å². The second-order valence-electron chi connectivity index (χ2n) is 6.81. The first kappa shape index (κ1) is 16.1. The molecule has 2 aromatic heterocycles. The highest BCUT2D eigenvalue weighted by Gasteiger charge is 2.22. The number of pyridine rings is 1. The molecule has 1 unspecified atom stereocenters. The molecule has 1 aliphatic heterocycles. The topological polar surface area (TPSA) is 81.4 Å². The van der Waals surface area contributed by atoms with E-state index in [-0.39, 0.29) is 12.0 Å². The van der Waals surface area contributed by atoms with Crippen molar-refractivity contribution in [1.29, 1.82) is 0 Å². The van der Waals surface area contributed by atoms with Crippen LogP contribution in [-0.4, -0.2) is 38.8 Å². The summed E-state index contributed by atoms with van der Waals surface area (Å²) in [5.41, 5.74) is 3.20. The third kappa shape index (κ3) is 3.23. The monoisotopic (exact) mass is 341 g/mol. The van der Waals surface area contributed by atoms with Crippen molar-refractivity contribution in [2.45, 2.75) is 57.6 Å². The molecule has 1 atom stereocenters. The van der Waals surface area contributed by atoms with E-state index < -0.39 is 0 Å². The lowest BCUT2D eigenvalue weighted by molar-refractivity contribution is 0.0753. The number of hydrogen-bond acceptors (Lipinski definition) is 5. The Bertz CT molecular complexity index is 807. The smallest absolute Gasteiger partial charge is 0.253 e. The van der Waals surface area contributed by atoms with E-state index in [4.69, 9.17) is 4.84 Å². The van der Waals surface area contributed by atoms with Crippen LogP contribution in [0, 0.1) is 0 Å². The summed E-state index contributed by atoms with van der Waals surface area (Å²) in [6.07, 6.45) is 9.96. The fourth-order valence-corrected chi connectivity index (χ4v) is 3.61. The van der Waals surface area contributed by atoms with Crippen LogP contribution in [0.3, 0.4) is 0 Å². The highest BCUT2D eigenvalue weighted by molar-refractivity contribution is 5.96. The highest BCUT2D eigenvalue weighted by atomic mass is 16.6. The molecule has 1 amide bonds. The maximum absolute atomic E-state index is 12.4. The van der Waals surface area contributed by atoms with E-state index in [2.05, 4.69) is 31.9 Å². The van der Waals surface area contributed by atoms with Gasteiger partial charge < -0.3 is 14.7 Å². The van der Waals surface area contributed by atoms with Gasteiger partial charge in [0.05, 0.1) is 24.1 Å². The maximum atomic E-state index is 12.4. The predicted molar refractivity (Wildman–Crippen MR) is 94.6 cm³/mol. The van der Waals surface area contributed by atoms with Crippen molar-refractivity contribution < 1.29 is 9.63 Å². The fourth-order valence-electron chi connectivity index (χ4n) is 3.61. The molecule has 25 heavy (non-hydrogen) atoms. The lowest BCUT2D eigenvalue weighted by Gasteiger charge is -2.12. The molecular formula is C18H23N5O2. The number of fused-ring (bicyclic) bond motifs is 1. The Kier molecular flexibility index (Phi) is 4.38. The van der Waals surface area contributed by atoms with Gasteiger partial charge in [0.15, 0.2) is 5.65 Å². The Balaban J connectivity index is 1.42. The van der Waals surface area contributed by atoms with E-state index in [1.807, 2.05) is 12.4 Å². The Morgan fingerprint density at radius 3 is 2.96 bits per heavy atom. The minimum Gasteiger partial charge on any atom is -0.390 e. The molecule has 7 heteroatoms. The molecule has 3 heterocycles. The number of carbonyl (C=O) groups excluding carboxylic acids is 1. The molecule has 0 spiro atoms. The van der Waals surface area contributed by atoms with E-state index in [0.717, 1.165) is 29.7 Å². The molecule has 4 rings (SSSR count). The van der Waals surface area contributed by atoms with Crippen LogP contribution >= 0.6 is 0 Å². The first-order valence-corrected chi connectivity index (χ1v) is 9.07. The van der Waals surface area contributed by atoms with Gasteiger partial charge in [-0.2, -0.15) is 0 Å². The Labute approximate surface area is 146 Å². The quantitative estimate of drug-likeness (QED) is 0.907. The third-order valence-electron chi connectivity index (χ3n) is 5.09. The summed E-state index contributed by atoms with van der Waals surface area (Å²) in [6, 6.07) is 2.30. The van der Waals surface area contributed by atoms with Gasteiger partial charge in [-0.25, -0.2) is 9.97 Å². The normalized spacial score (nSPS) is 20.7. The number of oxime groups is 1. The summed E-state index contributed by atoms with van der Waals surface area (Å²) in [7, 11) is 0. The first-order valence-electron chi connectivity index (χ1n) is 9.07. The molecule has 0 aromatic carbocycles. The number of carbonyl (C=O) groups is 1. The fraction of sp³-hybridized carbons (Fsp3) is 0.556. The summed E-state index contributed by atoms with van der Waals surface area (Å²) in [6.45, 7) is 2.50. The Morgan fingerprint density at radius 1 is 1.36 bits per heavy atom. The van der Waals surface area contributed by atoms with Crippen molar-refractivity contribution in [3.8, 4) is 0 Å². The van der Waals surface area contributed by atoms with Crippen LogP contribution in [0.15, 0.2) is 23.7 Å². The van der Waals surface area contributed by atoms with Crippen molar-refractivity contribution >= 4 is 22.8 Å². The number of rotatable bonds is 5. The second-order valence-corrected chi connectivity index (χ2v) is 6.81. The van der Waals surface area contributed by atoms with E-state index in [1.54, 1.807) is 6.20 Å². The Morgan fingerprint density at radius 2 is 2.20 bits per heavy atom. The molecular weight excluding hydrogens is 318 g/mol. The summed E-state index contributed by atoms with van der Waals surface area (Å²) in [5, 5.41) is 6.91. The zero-order chi connectivity index (χ0) is 17.2. The van der Waals surface area contributed by atoms with Crippen LogP contribution in [0.1, 0.15) is 61.8 Å². The van der Waals surface area contributed by atoms with Crippen LogP contribution in [-0.2, 0) is 4.84 Å². The zero-order valence-corrected chi connectivity index (χ0v) is 14.4. The molecule has 1 saturated carbocycles. The van der Waals surface area contributed by atoms with E-state index in [1.165, 1.54) is 25.7 Å². The molecule has 0 radical (unpaired) electrons. The lowest BCUT2D eigenvalue weighted by Crippen LogP contribution is -2.32. The number of amides is 1. The van der Waals surface area contributed by atoms with E-state index >= 15 is 0 Å². The Hall–Kier alpha value is -2.44. The molecule has 0 bridgehead atoms. The summed E-state index contributed by atoms with van der Waals surface area (Å²) >= 11 is 0. The van der Waals surface area contributed by atoms with Crippen LogP contribution in [0.5, 0.6) is 0 Å². The zero-order valence-electron chi connectivity index (χ0n) is 14.4. The molecule has 1 aliphatic carbocycles. The van der Waals surface area contributed by atoms with Gasteiger partial charge in [-0.1, -0.05) is 24.9 Å². The van der Waals surface area contributed by atoms with Gasteiger partial charge in [-0.3, -0.25) is 4.79 Å². The maximum Gasteiger partial charge on any atom is 0.253 e. The number of nitrogens with one attached hydrogen (secondary N) is 1. The summed E-state index contributed by atoms with van der Waals surface area (Å²) in [4.78, 5) is 26.6. The largest absolute Gasteiger partial charge is 0.390 e. The number of aromatic nitrogens is 3. The molecule has 1 N–H and O–H groups in total. The van der Waals surface area contributed by atoms with Gasteiger partial charge >= 0.3 is 0 Å². The van der Waals surface area contributed by atoms with Crippen molar-refractivity contribution in [3.05, 3.63) is 24.2 Å². The number of imidazole rings is 1. The van der Waals surface area contributed by atoms with Crippen molar-refractivity contribution in [2.24, 2.45) is 5.16 Å². The standard InChI is InChI=1S/C18H23N5O2/c1-2-13-8-15(25-22-13)10-20-18(24)12-7-16-17(19-9-12)23(11-21-16)14-5-3-4-6-14/h7,9,11,14-15H,2-6,8,10H2,1H3,(H,20,24). The molecule has 2 aliphatic rings. The first-order chi connectivity index (χ1) is 12.2. The molecule has 132 valence electrons. The van der Waals surface area contributed by atoms with Gasteiger partial charge in [-0.05, 0) is 25.3 Å². The van der Waals surface area contributed by atoms with Gasteiger partial charge in [-0.15, -0.1) is 0 Å². The average molecular weight is 341 g/mol. The van der Waals surface area contributed by atoms with Crippen molar-refractivity contribution in [1.82, 2.24) is 19.9 Å². The summed E-state index contributed by atoms with van der Waals surface area (Å²) in [5.74, 6) is -0.154. The van der Waals surface area contributed by atoms with Crippen LogP contribution in [0.25, 0.3) is 11.2 Å². The van der Waals surface area contributed by atoms with Crippen LogP contribution in [0.2, 0.25) is 0 Å². The van der Waals surface area contributed by atoms with Gasteiger partial charge in [0.1, 0.15) is 11.6 Å². The van der Waals surface area contributed by atoms with Crippen LogP contribution in [0.4, 0.5) is 0 Å². The predicted octanol–water partition coefficient (Wildman–Crippen LogP) is 2.83. The number of hydrogen-bond donors (Lipinski definition) is 1. The molecule has 0 saturated heterocycles. The van der Waals surface area contributed by atoms with E-state index in [9.17, 15) is 4.79 Å². The second kappa shape index (κ2) is 6.82. The summed E-state index contributed by atoms with van der Waals surface area (Å²) < 4.78 is 2.15. The van der Waals surface area contributed by atoms with Gasteiger partial charge in [0, 0.05) is 18.7 Å². The minimum absolute atomic E-state index is 0.0721. The van der Waals surface area contributed by atoms with Crippen LogP contribution < -0.4 is 5.32 Å². The van der Waals surface area contributed by atoms with E-state index in [0.29, 0.717) is 18.2 Å². The highest BCUT2D eigenvalue weighted by Crippen LogP contribution is 2.31. The average Bonchev–Trinajstić information content (AvgIpc) is 3.38. The lowest BCUT2D eigenvalue weighted by atomic mass is 10.1. The number of nitrogens with zero attached hydrogens (tertiary/aromatic N) is 4. The minimum atomic E-state index is -0.154. The van der Waals surface area contributed by atoms with Crippen molar-refractivity contribution in [3.63, 3.8) is 0 Å². The SMILES string of the molecule is CCC1=NOC(CNC(=O)c2cnc3c(c2)ncn3C2CCCC2)C1. The molecule has 1 fully saturated rings. The molecule has 7 nitrogen and oxygen atoms in total. The third-order valence-corrected chi connectivity index (χ3v) is 5.09.